The number of likely N-dealkylation sites (N-methyl/N-ethyl adjacent to an activating group) is 1. The molecule has 2 atom stereocenters. The first-order valence-electron chi connectivity index (χ1n) is 9.93. The number of urea groups is 1. The number of sulfonamides is 1. The minimum absolute atomic E-state index is 0.123. The summed E-state index contributed by atoms with van der Waals surface area (Å²) in [4.78, 5) is 26.8. The van der Waals surface area contributed by atoms with Crippen molar-refractivity contribution in [2.45, 2.75) is 36.6 Å². The van der Waals surface area contributed by atoms with Gasteiger partial charge in [0.25, 0.3) is 5.91 Å². The second-order valence-corrected chi connectivity index (χ2v) is 10.4. The number of rotatable bonds is 7. The Morgan fingerprint density at radius 3 is 2.09 bits per heavy atom. The Bertz CT molecular complexity index is 1140. The second kappa shape index (κ2) is 9.27. The zero-order valence-corrected chi connectivity index (χ0v) is 19.8. The first kappa shape index (κ1) is 24.9. The number of carbonyl (C=O) groups excluding carboxylic acids is 2. The molecule has 1 fully saturated rings. The summed E-state index contributed by atoms with van der Waals surface area (Å²) in [6.07, 6.45) is -1.30. The standard InChI is InChI=1S/C21H25ClN4O6S/c1-21(2)19(28)26(20(29)25(21)3)12-17(18(27)23-30)24-33(31,32)16-10-6-14(7-11-16)13-4-8-15(22)9-5-13/h4-11,17,19,24,28,30H,12H2,1-3H3,(H,23,27). The van der Waals surface area contributed by atoms with Crippen molar-refractivity contribution in [3.8, 4) is 11.1 Å². The monoisotopic (exact) mass is 496 g/mol. The van der Waals surface area contributed by atoms with Crippen LogP contribution >= 0.6 is 11.6 Å². The molecule has 3 amide bonds. The summed E-state index contributed by atoms with van der Waals surface area (Å²) in [5, 5.41) is 20.2. The third kappa shape index (κ3) is 4.97. The average molecular weight is 497 g/mol. The molecule has 0 aromatic heterocycles. The third-order valence-corrected chi connectivity index (χ3v) is 7.51. The van der Waals surface area contributed by atoms with Crippen molar-refractivity contribution in [1.29, 1.82) is 0 Å². The van der Waals surface area contributed by atoms with Crippen molar-refractivity contribution < 1.29 is 28.3 Å². The van der Waals surface area contributed by atoms with E-state index in [1.54, 1.807) is 50.2 Å². The number of nitrogens with one attached hydrogen (secondary N) is 2. The molecule has 1 aliphatic rings. The molecule has 2 unspecified atom stereocenters. The fraction of sp³-hybridized carbons (Fsp3) is 0.333. The zero-order valence-electron chi connectivity index (χ0n) is 18.2. The Kier molecular flexibility index (Phi) is 7.01. The van der Waals surface area contributed by atoms with Gasteiger partial charge in [-0.2, -0.15) is 4.72 Å². The summed E-state index contributed by atoms with van der Waals surface area (Å²) in [6, 6.07) is 10.8. The molecule has 1 saturated heterocycles. The number of benzene rings is 2. The van der Waals surface area contributed by atoms with Crippen molar-refractivity contribution in [1.82, 2.24) is 20.0 Å². The van der Waals surface area contributed by atoms with Gasteiger partial charge in [-0.15, -0.1) is 0 Å². The first-order chi connectivity index (χ1) is 15.4. The maximum atomic E-state index is 12.9. The summed E-state index contributed by atoms with van der Waals surface area (Å²) >= 11 is 5.89. The van der Waals surface area contributed by atoms with Gasteiger partial charge in [0.05, 0.1) is 17.0 Å². The van der Waals surface area contributed by atoms with E-state index in [9.17, 15) is 23.1 Å². The van der Waals surface area contributed by atoms with Gasteiger partial charge in [-0.25, -0.2) is 18.7 Å². The Labute approximate surface area is 196 Å². The number of hydrogen-bond donors (Lipinski definition) is 4. The largest absolute Gasteiger partial charge is 0.371 e. The lowest BCUT2D eigenvalue weighted by Gasteiger charge is -2.30. The highest BCUT2D eigenvalue weighted by molar-refractivity contribution is 7.89. The summed E-state index contributed by atoms with van der Waals surface area (Å²) in [5.74, 6) is -1.08. The highest BCUT2D eigenvalue weighted by atomic mass is 35.5. The molecular weight excluding hydrogens is 472 g/mol. The van der Waals surface area contributed by atoms with Gasteiger partial charge in [0.15, 0.2) is 6.23 Å². The van der Waals surface area contributed by atoms with Crippen molar-refractivity contribution in [3.63, 3.8) is 0 Å². The molecule has 3 rings (SSSR count). The van der Waals surface area contributed by atoms with Gasteiger partial charge in [-0.05, 0) is 49.2 Å². The molecule has 33 heavy (non-hydrogen) atoms. The first-order valence-corrected chi connectivity index (χ1v) is 11.8. The van der Waals surface area contributed by atoms with Crippen LogP contribution in [0.2, 0.25) is 5.02 Å². The predicted molar refractivity (Wildman–Crippen MR) is 121 cm³/mol. The number of halogens is 1. The normalized spacial score (nSPS) is 19.0. The number of hydroxylamine groups is 1. The Hall–Kier alpha value is -2.70. The van der Waals surface area contributed by atoms with Crippen LogP contribution in [0.15, 0.2) is 53.4 Å². The van der Waals surface area contributed by atoms with Crippen molar-refractivity contribution in [2.24, 2.45) is 0 Å². The molecular formula is C21H25ClN4O6S. The highest BCUT2D eigenvalue weighted by Gasteiger charge is 2.50. The molecule has 10 nitrogen and oxygen atoms in total. The van der Waals surface area contributed by atoms with Crippen LogP contribution in [-0.2, 0) is 14.8 Å². The molecule has 4 N–H and O–H groups in total. The number of nitrogens with zero attached hydrogens (tertiary/aromatic N) is 2. The number of hydrogen-bond acceptors (Lipinski definition) is 6. The fourth-order valence-corrected chi connectivity index (χ4v) is 4.76. The van der Waals surface area contributed by atoms with Crippen molar-refractivity contribution in [3.05, 3.63) is 53.6 Å². The van der Waals surface area contributed by atoms with E-state index in [0.717, 1.165) is 16.0 Å². The predicted octanol–water partition coefficient (Wildman–Crippen LogP) is 1.62. The van der Waals surface area contributed by atoms with Gasteiger partial charge >= 0.3 is 6.03 Å². The minimum Gasteiger partial charge on any atom is -0.371 e. The van der Waals surface area contributed by atoms with Crippen LogP contribution in [0, 0.1) is 0 Å². The minimum atomic E-state index is -4.22. The summed E-state index contributed by atoms with van der Waals surface area (Å²) in [5.41, 5.74) is 2.03. The number of carbonyl (C=O) groups is 2. The highest BCUT2D eigenvalue weighted by Crippen LogP contribution is 2.30. The van der Waals surface area contributed by atoms with E-state index in [1.165, 1.54) is 29.6 Å². The van der Waals surface area contributed by atoms with Crippen LogP contribution in [0.4, 0.5) is 4.79 Å². The van der Waals surface area contributed by atoms with E-state index in [1.807, 2.05) is 0 Å². The molecule has 0 bridgehead atoms. The lowest BCUT2D eigenvalue weighted by atomic mass is 10.0. The van der Waals surface area contributed by atoms with E-state index >= 15 is 0 Å². The van der Waals surface area contributed by atoms with Gasteiger partial charge in [-0.1, -0.05) is 35.9 Å². The summed E-state index contributed by atoms with van der Waals surface area (Å²) < 4.78 is 28.0. The molecule has 12 heteroatoms. The summed E-state index contributed by atoms with van der Waals surface area (Å²) in [6.45, 7) is 2.76. The quantitative estimate of drug-likeness (QED) is 0.339. The van der Waals surface area contributed by atoms with Crippen LogP contribution < -0.4 is 10.2 Å². The Balaban J connectivity index is 1.82. The van der Waals surface area contributed by atoms with Crippen LogP contribution in [0.5, 0.6) is 0 Å². The molecule has 1 heterocycles. The van der Waals surface area contributed by atoms with Gasteiger partial charge in [0.1, 0.15) is 6.04 Å². The second-order valence-electron chi connectivity index (χ2n) is 8.20. The molecule has 2 aromatic rings. The third-order valence-electron chi connectivity index (χ3n) is 5.77. The molecule has 0 saturated carbocycles. The van der Waals surface area contributed by atoms with Crippen LogP contribution in [-0.4, -0.2) is 71.9 Å². The van der Waals surface area contributed by atoms with Gasteiger partial charge in [0.2, 0.25) is 10.0 Å². The van der Waals surface area contributed by atoms with Gasteiger partial charge in [-0.3, -0.25) is 14.9 Å². The molecule has 1 aliphatic heterocycles. The van der Waals surface area contributed by atoms with Crippen molar-refractivity contribution in [2.75, 3.05) is 13.6 Å². The maximum absolute atomic E-state index is 12.9. The van der Waals surface area contributed by atoms with Crippen LogP contribution in [0.1, 0.15) is 13.8 Å². The maximum Gasteiger partial charge on any atom is 0.322 e. The molecule has 178 valence electrons. The van der Waals surface area contributed by atoms with E-state index in [2.05, 4.69) is 4.72 Å². The van der Waals surface area contributed by atoms with E-state index < -0.39 is 46.3 Å². The van der Waals surface area contributed by atoms with E-state index in [4.69, 9.17) is 16.8 Å². The number of aliphatic hydroxyl groups excluding tert-OH is 1. The number of aliphatic hydroxyl groups is 1. The molecule has 0 spiro atoms. The lowest BCUT2D eigenvalue weighted by Crippen LogP contribution is -2.54. The molecule has 0 aliphatic carbocycles. The number of amides is 3. The molecule has 0 radical (unpaired) electrons. The lowest BCUT2D eigenvalue weighted by molar-refractivity contribution is -0.131. The topological polar surface area (TPSA) is 139 Å². The average Bonchev–Trinajstić information content (AvgIpc) is 2.93. The van der Waals surface area contributed by atoms with Crippen LogP contribution in [0.25, 0.3) is 11.1 Å². The van der Waals surface area contributed by atoms with Gasteiger partial charge in [0, 0.05) is 12.1 Å². The smallest absolute Gasteiger partial charge is 0.322 e. The van der Waals surface area contributed by atoms with Crippen molar-refractivity contribution >= 4 is 33.6 Å². The van der Waals surface area contributed by atoms with E-state index in [0.29, 0.717) is 5.02 Å². The molecule has 2 aromatic carbocycles. The Morgan fingerprint density at radius 2 is 1.64 bits per heavy atom. The van der Waals surface area contributed by atoms with Crippen LogP contribution in [0.3, 0.4) is 0 Å². The van der Waals surface area contributed by atoms with E-state index in [-0.39, 0.29) is 4.90 Å². The fourth-order valence-electron chi connectivity index (χ4n) is 3.45. The summed E-state index contributed by atoms with van der Waals surface area (Å²) in [7, 11) is -2.73. The zero-order chi connectivity index (χ0) is 24.6. The Morgan fingerprint density at radius 1 is 1.12 bits per heavy atom. The van der Waals surface area contributed by atoms with Gasteiger partial charge < -0.3 is 10.0 Å². The SMILES string of the molecule is CN1C(=O)N(CC(NS(=O)(=O)c2ccc(-c3ccc(Cl)cc3)cc2)C(=O)NO)C(O)C1(C)C.